The van der Waals surface area contributed by atoms with Gasteiger partial charge in [0.05, 0.1) is 5.56 Å². The van der Waals surface area contributed by atoms with Gasteiger partial charge in [-0.3, -0.25) is 4.79 Å². The molecule has 1 N–H and O–H groups in total. The summed E-state index contributed by atoms with van der Waals surface area (Å²) in [4.78, 5) is 25.4. The summed E-state index contributed by atoms with van der Waals surface area (Å²) in [6.45, 7) is 0.684. The van der Waals surface area contributed by atoms with Gasteiger partial charge in [0.2, 0.25) is 5.91 Å². The molecule has 112 valence electrons. The van der Waals surface area contributed by atoms with E-state index in [1.165, 1.54) is 19.3 Å². The molecule has 2 aliphatic rings. The topological polar surface area (TPSA) is 57.6 Å². The average molecular weight is 287 g/mol. The van der Waals surface area contributed by atoms with E-state index in [2.05, 4.69) is 0 Å². The Labute approximate surface area is 124 Å². The molecule has 0 bridgehead atoms. The number of carboxylic acid groups (broad SMARTS) is 1. The van der Waals surface area contributed by atoms with Gasteiger partial charge in [-0.2, -0.15) is 0 Å². The van der Waals surface area contributed by atoms with Gasteiger partial charge in [0, 0.05) is 18.7 Å². The Bertz CT molecular complexity index is 561. The SMILES string of the molecule is O=C(O)c1ccc2c(c1)N(C(=O)CC1CCCCC1)CC2. The fourth-order valence-corrected chi connectivity index (χ4v) is 3.52. The second-order valence-electron chi connectivity index (χ2n) is 6.15. The molecule has 1 aliphatic heterocycles. The first-order chi connectivity index (χ1) is 10.1. The van der Waals surface area contributed by atoms with Gasteiger partial charge in [-0.1, -0.05) is 25.3 Å². The third kappa shape index (κ3) is 2.94. The second kappa shape index (κ2) is 5.88. The molecule has 21 heavy (non-hydrogen) atoms. The van der Waals surface area contributed by atoms with Crippen molar-refractivity contribution in [3.8, 4) is 0 Å². The van der Waals surface area contributed by atoms with Gasteiger partial charge in [-0.05, 0) is 42.9 Å². The van der Waals surface area contributed by atoms with Crippen molar-refractivity contribution in [1.82, 2.24) is 0 Å². The Morgan fingerprint density at radius 2 is 1.95 bits per heavy atom. The van der Waals surface area contributed by atoms with Crippen LogP contribution in [0.4, 0.5) is 5.69 Å². The van der Waals surface area contributed by atoms with Crippen LogP contribution in [0.2, 0.25) is 0 Å². The lowest BCUT2D eigenvalue weighted by molar-refractivity contribution is -0.119. The third-order valence-electron chi connectivity index (χ3n) is 4.72. The predicted octanol–water partition coefficient (Wildman–Crippen LogP) is 3.24. The van der Waals surface area contributed by atoms with Crippen LogP contribution in [0.1, 0.15) is 54.4 Å². The first kappa shape index (κ1) is 14.1. The van der Waals surface area contributed by atoms with Gasteiger partial charge < -0.3 is 10.0 Å². The van der Waals surface area contributed by atoms with Crippen molar-refractivity contribution in [2.24, 2.45) is 5.92 Å². The molecule has 0 spiro atoms. The quantitative estimate of drug-likeness (QED) is 0.928. The van der Waals surface area contributed by atoms with E-state index >= 15 is 0 Å². The zero-order valence-electron chi connectivity index (χ0n) is 12.2. The van der Waals surface area contributed by atoms with Gasteiger partial charge in [0.1, 0.15) is 0 Å². The van der Waals surface area contributed by atoms with E-state index in [0.717, 1.165) is 30.5 Å². The molecule has 4 heteroatoms. The van der Waals surface area contributed by atoms with Crippen LogP contribution in [0.3, 0.4) is 0 Å². The zero-order chi connectivity index (χ0) is 14.8. The number of fused-ring (bicyclic) bond motifs is 1. The van der Waals surface area contributed by atoms with E-state index in [1.54, 1.807) is 17.0 Å². The van der Waals surface area contributed by atoms with E-state index < -0.39 is 5.97 Å². The summed E-state index contributed by atoms with van der Waals surface area (Å²) in [5.74, 6) is -0.273. The van der Waals surface area contributed by atoms with Crippen LogP contribution in [0.15, 0.2) is 18.2 Å². The second-order valence-corrected chi connectivity index (χ2v) is 6.15. The smallest absolute Gasteiger partial charge is 0.335 e. The highest BCUT2D eigenvalue weighted by Gasteiger charge is 2.27. The van der Waals surface area contributed by atoms with E-state index in [1.807, 2.05) is 6.07 Å². The van der Waals surface area contributed by atoms with Crippen molar-refractivity contribution in [3.05, 3.63) is 29.3 Å². The number of nitrogens with zero attached hydrogens (tertiary/aromatic N) is 1. The van der Waals surface area contributed by atoms with E-state index in [-0.39, 0.29) is 11.5 Å². The molecule has 0 radical (unpaired) electrons. The van der Waals surface area contributed by atoms with Crippen LogP contribution in [-0.2, 0) is 11.2 Å². The predicted molar refractivity (Wildman–Crippen MR) is 80.7 cm³/mol. The van der Waals surface area contributed by atoms with Crippen molar-refractivity contribution >= 4 is 17.6 Å². The summed E-state index contributed by atoms with van der Waals surface area (Å²) in [5, 5.41) is 9.10. The fourth-order valence-electron chi connectivity index (χ4n) is 3.52. The molecule has 0 unspecified atom stereocenters. The summed E-state index contributed by atoms with van der Waals surface area (Å²) in [7, 11) is 0. The van der Waals surface area contributed by atoms with Crippen molar-refractivity contribution < 1.29 is 14.7 Å². The van der Waals surface area contributed by atoms with Crippen molar-refractivity contribution in [2.75, 3.05) is 11.4 Å². The Morgan fingerprint density at radius 1 is 1.19 bits per heavy atom. The lowest BCUT2D eigenvalue weighted by Gasteiger charge is -2.24. The van der Waals surface area contributed by atoms with Crippen LogP contribution in [-0.4, -0.2) is 23.5 Å². The fraction of sp³-hybridized carbons (Fsp3) is 0.529. The van der Waals surface area contributed by atoms with Gasteiger partial charge >= 0.3 is 5.97 Å². The maximum absolute atomic E-state index is 12.5. The monoisotopic (exact) mass is 287 g/mol. The zero-order valence-corrected chi connectivity index (χ0v) is 12.2. The van der Waals surface area contributed by atoms with Gasteiger partial charge in [-0.15, -0.1) is 0 Å². The van der Waals surface area contributed by atoms with Gasteiger partial charge in [0.15, 0.2) is 0 Å². The number of carbonyl (C=O) groups is 2. The highest BCUT2D eigenvalue weighted by molar-refractivity contribution is 5.97. The maximum atomic E-state index is 12.5. The molecule has 1 aromatic carbocycles. The minimum Gasteiger partial charge on any atom is -0.478 e. The summed E-state index contributed by atoms with van der Waals surface area (Å²) >= 11 is 0. The molecule has 0 saturated heterocycles. The summed E-state index contributed by atoms with van der Waals surface area (Å²) in [6, 6.07) is 5.10. The molecule has 4 nitrogen and oxygen atoms in total. The molecule has 1 aromatic rings. The number of carbonyl (C=O) groups excluding carboxylic acids is 1. The van der Waals surface area contributed by atoms with Crippen molar-refractivity contribution in [1.29, 1.82) is 0 Å². The Morgan fingerprint density at radius 3 is 2.67 bits per heavy atom. The molecule has 1 heterocycles. The Balaban J connectivity index is 1.74. The van der Waals surface area contributed by atoms with Crippen molar-refractivity contribution in [3.63, 3.8) is 0 Å². The van der Waals surface area contributed by atoms with E-state index in [0.29, 0.717) is 18.9 Å². The van der Waals surface area contributed by atoms with Crippen LogP contribution < -0.4 is 4.90 Å². The first-order valence-electron chi connectivity index (χ1n) is 7.82. The van der Waals surface area contributed by atoms with E-state index in [4.69, 9.17) is 5.11 Å². The minimum atomic E-state index is -0.940. The summed E-state index contributed by atoms with van der Waals surface area (Å²) in [5.41, 5.74) is 2.14. The summed E-state index contributed by atoms with van der Waals surface area (Å²) < 4.78 is 0. The first-order valence-corrected chi connectivity index (χ1v) is 7.82. The number of aromatic carboxylic acids is 1. The molecule has 1 saturated carbocycles. The van der Waals surface area contributed by atoms with Crippen LogP contribution >= 0.6 is 0 Å². The number of rotatable bonds is 3. The number of anilines is 1. The molecule has 1 fully saturated rings. The lowest BCUT2D eigenvalue weighted by Crippen LogP contribution is -2.31. The number of hydrogen-bond acceptors (Lipinski definition) is 2. The molecule has 0 aromatic heterocycles. The number of benzene rings is 1. The Hall–Kier alpha value is -1.84. The highest BCUT2D eigenvalue weighted by Crippen LogP contribution is 2.32. The van der Waals surface area contributed by atoms with Crippen LogP contribution in [0.5, 0.6) is 0 Å². The highest BCUT2D eigenvalue weighted by atomic mass is 16.4. The minimum absolute atomic E-state index is 0.156. The van der Waals surface area contributed by atoms with Crippen molar-refractivity contribution in [2.45, 2.75) is 44.9 Å². The Kier molecular flexibility index (Phi) is 3.95. The average Bonchev–Trinajstić information content (AvgIpc) is 2.91. The molecule has 3 rings (SSSR count). The molecule has 0 atom stereocenters. The molecular weight excluding hydrogens is 266 g/mol. The largest absolute Gasteiger partial charge is 0.478 e. The van der Waals surface area contributed by atoms with Gasteiger partial charge in [0.25, 0.3) is 0 Å². The third-order valence-corrected chi connectivity index (χ3v) is 4.72. The lowest BCUT2D eigenvalue weighted by atomic mass is 9.86. The van der Waals surface area contributed by atoms with Crippen LogP contribution in [0.25, 0.3) is 0 Å². The van der Waals surface area contributed by atoms with Gasteiger partial charge in [-0.25, -0.2) is 4.79 Å². The number of hydrogen-bond donors (Lipinski definition) is 1. The summed E-state index contributed by atoms with van der Waals surface area (Å²) in [6.07, 6.45) is 7.50. The maximum Gasteiger partial charge on any atom is 0.335 e. The van der Waals surface area contributed by atoms with E-state index in [9.17, 15) is 9.59 Å². The van der Waals surface area contributed by atoms with Crippen LogP contribution in [0, 0.1) is 5.92 Å². The molecule has 1 amide bonds. The molecule has 1 aliphatic carbocycles. The number of amides is 1. The molecular formula is C17H21NO3. The normalized spacial score (nSPS) is 18.6. The number of carboxylic acids is 1. The standard InChI is InChI=1S/C17H21NO3/c19-16(10-12-4-2-1-3-5-12)18-9-8-13-6-7-14(17(20)21)11-15(13)18/h6-7,11-12H,1-5,8-10H2,(H,20,21).